The number of fused-ring (bicyclic) bond motifs is 1. The number of imide groups is 1. The third-order valence-corrected chi connectivity index (χ3v) is 2.46. The zero-order valence-corrected chi connectivity index (χ0v) is 6.33. The summed E-state index contributed by atoms with van der Waals surface area (Å²) in [6.45, 7) is 2.73. The van der Waals surface area contributed by atoms with Gasteiger partial charge in [0.15, 0.2) is 0 Å². The summed E-state index contributed by atoms with van der Waals surface area (Å²) < 4.78 is 0. The molecule has 0 bridgehead atoms. The van der Waals surface area contributed by atoms with Crippen LogP contribution < -0.4 is 5.32 Å². The standard InChI is InChI=1S/C7H10N2O2/c1-4-2-3-9-5(4)6(10)8-7(9)11/h4-5H,2-3H2,1H3,(H,8,10,11). The Labute approximate surface area is 64.5 Å². The third-order valence-electron chi connectivity index (χ3n) is 2.46. The van der Waals surface area contributed by atoms with E-state index in [9.17, 15) is 9.59 Å². The molecule has 0 spiro atoms. The van der Waals surface area contributed by atoms with Crippen LogP contribution >= 0.6 is 0 Å². The van der Waals surface area contributed by atoms with Crippen molar-refractivity contribution in [1.82, 2.24) is 10.2 Å². The van der Waals surface area contributed by atoms with Gasteiger partial charge in [-0.1, -0.05) is 6.92 Å². The van der Waals surface area contributed by atoms with Gasteiger partial charge in [0.1, 0.15) is 6.04 Å². The van der Waals surface area contributed by atoms with Gasteiger partial charge in [0, 0.05) is 6.54 Å². The molecule has 0 radical (unpaired) electrons. The van der Waals surface area contributed by atoms with Gasteiger partial charge in [-0.2, -0.15) is 0 Å². The minimum Gasteiger partial charge on any atom is -0.312 e. The second-order valence-electron chi connectivity index (χ2n) is 3.20. The number of nitrogens with one attached hydrogen (secondary N) is 1. The van der Waals surface area contributed by atoms with E-state index in [2.05, 4.69) is 5.32 Å². The number of hydrogen-bond acceptors (Lipinski definition) is 2. The van der Waals surface area contributed by atoms with E-state index >= 15 is 0 Å². The van der Waals surface area contributed by atoms with E-state index in [4.69, 9.17) is 0 Å². The van der Waals surface area contributed by atoms with Crippen molar-refractivity contribution in [2.24, 2.45) is 5.92 Å². The summed E-state index contributed by atoms with van der Waals surface area (Å²) in [7, 11) is 0. The van der Waals surface area contributed by atoms with E-state index in [0.717, 1.165) is 13.0 Å². The fourth-order valence-corrected chi connectivity index (χ4v) is 1.83. The van der Waals surface area contributed by atoms with Gasteiger partial charge in [0.2, 0.25) is 0 Å². The van der Waals surface area contributed by atoms with Crippen LogP contribution in [0.5, 0.6) is 0 Å². The van der Waals surface area contributed by atoms with Crippen molar-refractivity contribution in [2.45, 2.75) is 19.4 Å². The lowest BCUT2D eigenvalue weighted by Gasteiger charge is -2.12. The van der Waals surface area contributed by atoms with Crippen LogP contribution in [0.4, 0.5) is 4.79 Å². The molecule has 11 heavy (non-hydrogen) atoms. The summed E-state index contributed by atoms with van der Waals surface area (Å²) in [5.41, 5.74) is 0. The molecular weight excluding hydrogens is 144 g/mol. The number of carbonyl (C=O) groups excluding carboxylic acids is 2. The average Bonchev–Trinajstić information content (AvgIpc) is 2.41. The Hall–Kier alpha value is -1.06. The minimum absolute atomic E-state index is 0.125. The molecule has 0 aliphatic carbocycles. The summed E-state index contributed by atoms with van der Waals surface area (Å²) in [6.07, 6.45) is 0.948. The molecule has 60 valence electrons. The lowest BCUT2D eigenvalue weighted by atomic mass is 10.0. The van der Waals surface area contributed by atoms with Crippen molar-refractivity contribution in [2.75, 3.05) is 6.54 Å². The van der Waals surface area contributed by atoms with E-state index in [1.54, 1.807) is 4.90 Å². The second-order valence-corrected chi connectivity index (χ2v) is 3.20. The fourth-order valence-electron chi connectivity index (χ4n) is 1.83. The number of rotatable bonds is 0. The summed E-state index contributed by atoms with van der Waals surface area (Å²) in [6, 6.07) is -0.396. The molecule has 2 rings (SSSR count). The molecule has 0 aromatic heterocycles. The van der Waals surface area contributed by atoms with Crippen molar-refractivity contribution in [3.8, 4) is 0 Å². The molecule has 2 unspecified atom stereocenters. The molecule has 3 amide bonds. The first kappa shape index (κ1) is 6.64. The molecule has 1 N–H and O–H groups in total. The largest absolute Gasteiger partial charge is 0.324 e. The van der Waals surface area contributed by atoms with Gasteiger partial charge in [-0.15, -0.1) is 0 Å². The quantitative estimate of drug-likeness (QED) is 0.497. The van der Waals surface area contributed by atoms with Crippen LogP contribution in [0.2, 0.25) is 0 Å². The SMILES string of the molecule is CC1CCN2C(=O)NC(=O)C12. The number of amides is 3. The molecule has 2 atom stereocenters. The molecule has 0 saturated carbocycles. The Kier molecular flexibility index (Phi) is 1.19. The molecule has 2 saturated heterocycles. The van der Waals surface area contributed by atoms with Crippen molar-refractivity contribution >= 4 is 11.9 Å². The topological polar surface area (TPSA) is 49.4 Å². The molecule has 0 aromatic rings. The van der Waals surface area contributed by atoms with Crippen molar-refractivity contribution < 1.29 is 9.59 Å². The Morgan fingerprint density at radius 1 is 1.55 bits per heavy atom. The van der Waals surface area contributed by atoms with Crippen LogP contribution in [0.15, 0.2) is 0 Å². The first-order chi connectivity index (χ1) is 5.20. The lowest BCUT2D eigenvalue weighted by molar-refractivity contribution is -0.121. The minimum atomic E-state index is -0.218. The van der Waals surface area contributed by atoms with E-state index in [1.165, 1.54) is 0 Å². The van der Waals surface area contributed by atoms with Crippen molar-refractivity contribution in [3.63, 3.8) is 0 Å². The van der Waals surface area contributed by atoms with E-state index < -0.39 is 0 Å². The van der Waals surface area contributed by atoms with Crippen LogP contribution in [-0.4, -0.2) is 29.4 Å². The van der Waals surface area contributed by atoms with Gasteiger partial charge in [-0.25, -0.2) is 4.79 Å². The summed E-state index contributed by atoms with van der Waals surface area (Å²) in [5, 5.41) is 2.30. The maximum absolute atomic E-state index is 11.1. The predicted octanol–water partition coefficient (Wildman–Crippen LogP) is -0.0534. The summed E-state index contributed by atoms with van der Waals surface area (Å²) in [5.74, 6) is 0.196. The number of carbonyl (C=O) groups is 2. The summed E-state index contributed by atoms with van der Waals surface area (Å²) >= 11 is 0. The molecule has 4 heteroatoms. The Morgan fingerprint density at radius 3 is 2.91 bits per heavy atom. The molecule has 2 aliphatic rings. The van der Waals surface area contributed by atoms with Crippen LogP contribution in [0.3, 0.4) is 0 Å². The highest BCUT2D eigenvalue weighted by atomic mass is 16.2. The van der Waals surface area contributed by atoms with E-state index in [-0.39, 0.29) is 18.0 Å². The van der Waals surface area contributed by atoms with Gasteiger partial charge >= 0.3 is 6.03 Å². The molecule has 0 aromatic carbocycles. The fraction of sp³-hybridized carbons (Fsp3) is 0.714. The molecular formula is C7H10N2O2. The first-order valence-electron chi connectivity index (χ1n) is 3.81. The van der Waals surface area contributed by atoms with Gasteiger partial charge in [-0.3, -0.25) is 10.1 Å². The predicted molar refractivity (Wildman–Crippen MR) is 37.8 cm³/mol. The van der Waals surface area contributed by atoms with Gasteiger partial charge in [0.05, 0.1) is 0 Å². The number of urea groups is 1. The van der Waals surface area contributed by atoms with Gasteiger partial charge in [-0.05, 0) is 12.3 Å². The first-order valence-corrected chi connectivity index (χ1v) is 3.81. The van der Waals surface area contributed by atoms with Crippen molar-refractivity contribution in [3.05, 3.63) is 0 Å². The van der Waals surface area contributed by atoms with Crippen LogP contribution in [-0.2, 0) is 4.79 Å². The second kappa shape index (κ2) is 1.96. The Balaban J connectivity index is 2.28. The third kappa shape index (κ3) is 0.751. The molecule has 2 aliphatic heterocycles. The number of nitrogens with zero attached hydrogens (tertiary/aromatic N) is 1. The zero-order chi connectivity index (χ0) is 8.01. The normalized spacial score (nSPS) is 35.9. The highest BCUT2D eigenvalue weighted by molar-refractivity contribution is 6.04. The Bertz CT molecular complexity index is 226. The van der Waals surface area contributed by atoms with E-state index in [1.807, 2.05) is 6.92 Å². The average molecular weight is 154 g/mol. The van der Waals surface area contributed by atoms with Crippen LogP contribution in [0, 0.1) is 5.92 Å². The maximum Gasteiger partial charge on any atom is 0.324 e. The zero-order valence-electron chi connectivity index (χ0n) is 6.33. The van der Waals surface area contributed by atoms with Crippen molar-refractivity contribution in [1.29, 1.82) is 0 Å². The molecule has 2 heterocycles. The monoisotopic (exact) mass is 154 g/mol. The number of hydrogen-bond donors (Lipinski definition) is 1. The Morgan fingerprint density at radius 2 is 2.27 bits per heavy atom. The molecule has 4 nitrogen and oxygen atoms in total. The van der Waals surface area contributed by atoms with Gasteiger partial charge < -0.3 is 4.90 Å². The molecule has 2 fully saturated rings. The summed E-state index contributed by atoms with van der Waals surface area (Å²) in [4.78, 5) is 23.7. The van der Waals surface area contributed by atoms with Crippen LogP contribution in [0.1, 0.15) is 13.3 Å². The lowest BCUT2D eigenvalue weighted by Crippen LogP contribution is -2.31. The van der Waals surface area contributed by atoms with E-state index in [0.29, 0.717) is 5.92 Å². The smallest absolute Gasteiger partial charge is 0.312 e. The van der Waals surface area contributed by atoms with Crippen LogP contribution in [0.25, 0.3) is 0 Å². The highest BCUT2D eigenvalue weighted by Crippen LogP contribution is 2.26. The maximum atomic E-state index is 11.1. The highest BCUT2D eigenvalue weighted by Gasteiger charge is 2.45. The van der Waals surface area contributed by atoms with Gasteiger partial charge in [0.25, 0.3) is 5.91 Å².